The molecule has 4 nitrogen and oxygen atoms in total. The molecule has 3 aromatic rings. The molecule has 3 rings (SSSR count). The van der Waals surface area contributed by atoms with Gasteiger partial charge in [0, 0.05) is 12.3 Å². The SMILES string of the molecule is CCOc1cccc(Oc2nc3ccccn3c2CCl)c1. The van der Waals surface area contributed by atoms with E-state index in [1.165, 1.54) is 0 Å². The third kappa shape index (κ3) is 2.81. The second-order valence-electron chi connectivity index (χ2n) is 4.44. The third-order valence-corrected chi connectivity index (χ3v) is 3.30. The summed E-state index contributed by atoms with van der Waals surface area (Å²) in [6, 6.07) is 13.3. The highest BCUT2D eigenvalue weighted by atomic mass is 35.5. The Morgan fingerprint density at radius 3 is 2.81 bits per heavy atom. The maximum atomic E-state index is 6.03. The number of hydrogen-bond donors (Lipinski definition) is 0. The van der Waals surface area contributed by atoms with Gasteiger partial charge in [0.2, 0.25) is 5.88 Å². The van der Waals surface area contributed by atoms with E-state index in [1.807, 2.05) is 60.0 Å². The lowest BCUT2D eigenvalue weighted by Gasteiger charge is -2.07. The lowest BCUT2D eigenvalue weighted by molar-refractivity contribution is 0.338. The monoisotopic (exact) mass is 302 g/mol. The molecule has 0 saturated heterocycles. The molecule has 5 heteroatoms. The average molecular weight is 303 g/mol. The summed E-state index contributed by atoms with van der Waals surface area (Å²) in [5.41, 5.74) is 1.64. The van der Waals surface area contributed by atoms with E-state index in [1.54, 1.807) is 0 Å². The Morgan fingerprint density at radius 1 is 1.14 bits per heavy atom. The van der Waals surface area contributed by atoms with Crippen molar-refractivity contribution in [1.82, 2.24) is 9.38 Å². The number of benzene rings is 1. The second kappa shape index (κ2) is 6.06. The number of nitrogens with zero attached hydrogens (tertiary/aromatic N) is 2. The fourth-order valence-electron chi connectivity index (χ4n) is 2.13. The van der Waals surface area contributed by atoms with Gasteiger partial charge >= 0.3 is 0 Å². The van der Waals surface area contributed by atoms with Crippen LogP contribution in [-0.2, 0) is 5.88 Å². The summed E-state index contributed by atoms with van der Waals surface area (Å²) >= 11 is 6.03. The molecule has 0 atom stereocenters. The molecule has 21 heavy (non-hydrogen) atoms. The van der Waals surface area contributed by atoms with Gasteiger partial charge in [-0.2, -0.15) is 4.98 Å². The third-order valence-electron chi connectivity index (χ3n) is 3.05. The van der Waals surface area contributed by atoms with Gasteiger partial charge in [0.1, 0.15) is 22.8 Å². The molecule has 0 fully saturated rings. The van der Waals surface area contributed by atoms with Crippen LogP contribution in [0.1, 0.15) is 12.6 Å². The van der Waals surface area contributed by atoms with E-state index in [-0.39, 0.29) is 0 Å². The molecule has 0 N–H and O–H groups in total. The van der Waals surface area contributed by atoms with Gasteiger partial charge in [-0.05, 0) is 31.2 Å². The number of pyridine rings is 1. The number of ether oxygens (including phenoxy) is 2. The molecule has 0 aliphatic heterocycles. The van der Waals surface area contributed by atoms with E-state index < -0.39 is 0 Å². The zero-order valence-corrected chi connectivity index (χ0v) is 12.4. The fraction of sp³-hybridized carbons (Fsp3) is 0.188. The Bertz CT molecular complexity index is 755. The van der Waals surface area contributed by atoms with Gasteiger partial charge in [-0.3, -0.25) is 4.40 Å². The van der Waals surface area contributed by atoms with E-state index >= 15 is 0 Å². The van der Waals surface area contributed by atoms with Gasteiger partial charge < -0.3 is 9.47 Å². The van der Waals surface area contributed by atoms with Crippen molar-refractivity contribution >= 4 is 17.2 Å². The Labute approximate surface area is 127 Å². The lowest BCUT2D eigenvalue weighted by Crippen LogP contribution is -1.94. The first-order valence-electron chi connectivity index (χ1n) is 6.74. The number of alkyl halides is 1. The van der Waals surface area contributed by atoms with Crippen LogP contribution in [0.15, 0.2) is 48.7 Å². The lowest BCUT2D eigenvalue weighted by atomic mass is 10.3. The molecule has 0 spiro atoms. The standard InChI is InChI=1S/C16H15ClN2O2/c1-2-20-12-6-5-7-13(10-12)21-16-14(11-17)19-9-4-3-8-15(19)18-16/h3-10H,2,11H2,1H3. The van der Waals surface area contributed by atoms with Gasteiger partial charge in [0.15, 0.2) is 0 Å². The van der Waals surface area contributed by atoms with Crippen molar-refractivity contribution < 1.29 is 9.47 Å². The van der Waals surface area contributed by atoms with Crippen molar-refractivity contribution in [3.8, 4) is 17.4 Å². The van der Waals surface area contributed by atoms with Crippen molar-refractivity contribution in [3.63, 3.8) is 0 Å². The number of halogens is 1. The van der Waals surface area contributed by atoms with Crippen LogP contribution >= 0.6 is 11.6 Å². The molecule has 108 valence electrons. The first-order chi connectivity index (χ1) is 10.3. The molecule has 2 heterocycles. The van der Waals surface area contributed by atoms with Crippen LogP contribution in [0.5, 0.6) is 17.4 Å². The number of rotatable bonds is 5. The molecule has 0 radical (unpaired) electrons. The fourth-order valence-corrected chi connectivity index (χ4v) is 2.38. The van der Waals surface area contributed by atoms with Gasteiger partial charge in [0.05, 0.1) is 12.5 Å². The first-order valence-corrected chi connectivity index (χ1v) is 7.28. The summed E-state index contributed by atoms with van der Waals surface area (Å²) < 4.78 is 13.3. The molecule has 0 aliphatic rings. The summed E-state index contributed by atoms with van der Waals surface area (Å²) in [5, 5.41) is 0. The van der Waals surface area contributed by atoms with Gasteiger partial charge in [-0.15, -0.1) is 11.6 Å². The number of hydrogen-bond acceptors (Lipinski definition) is 3. The average Bonchev–Trinajstić information content (AvgIpc) is 2.85. The number of imidazole rings is 1. The van der Waals surface area contributed by atoms with Crippen molar-refractivity contribution in [1.29, 1.82) is 0 Å². The van der Waals surface area contributed by atoms with Gasteiger partial charge in [0.25, 0.3) is 0 Å². The van der Waals surface area contributed by atoms with Crippen LogP contribution in [0.3, 0.4) is 0 Å². The highest BCUT2D eigenvalue weighted by Crippen LogP contribution is 2.29. The highest BCUT2D eigenvalue weighted by Gasteiger charge is 2.13. The summed E-state index contributed by atoms with van der Waals surface area (Å²) in [6.45, 7) is 2.56. The molecular weight excluding hydrogens is 288 g/mol. The maximum Gasteiger partial charge on any atom is 0.242 e. The van der Waals surface area contributed by atoms with E-state index in [4.69, 9.17) is 21.1 Å². The van der Waals surface area contributed by atoms with Crippen LogP contribution in [0.2, 0.25) is 0 Å². The molecule has 0 aliphatic carbocycles. The molecule has 1 aromatic carbocycles. The summed E-state index contributed by atoms with van der Waals surface area (Å²) in [7, 11) is 0. The first kappa shape index (κ1) is 13.8. The summed E-state index contributed by atoms with van der Waals surface area (Å²) in [6.07, 6.45) is 1.92. The maximum absolute atomic E-state index is 6.03. The Morgan fingerprint density at radius 2 is 2.00 bits per heavy atom. The van der Waals surface area contributed by atoms with Crippen molar-refractivity contribution in [2.24, 2.45) is 0 Å². The zero-order chi connectivity index (χ0) is 14.7. The van der Waals surface area contributed by atoms with Crippen LogP contribution in [0, 0.1) is 0 Å². The Kier molecular flexibility index (Phi) is 3.97. The van der Waals surface area contributed by atoms with Crippen molar-refractivity contribution in [3.05, 3.63) is 54.4 Å². The van der Waals surface area contributed by atoms with E-state index in [2.05, 4.69) is 4.98 Å². The van der Waals surface area contributed by atoms with E-state index in [9.17, 15) is 0 Å². The van der Waals surface area contributed by atoms with E-state index in [0.29, 0.717) is 24.1 Å². The molecule has 0 bridgehead atoms. The Balaban J connectivity index is 1.96. The molecule has 0 saturated carbocycles. The minimum atomic E-state index is 0.325. The normalized spacial score (nSPS) is 10.8. The highest BCUT2D eigenvalue weighted by molar-refractivity contribution is 6.17. The van der Waals surface area contributed by atoms with Crippen molar-refractivity contribution in [2.75, 3.05) is 6.61 Å². The van der Waals surface area contributed by atoms with Crippen LogP contribution in [0.4, 0.5) is 0 Å². The largest absolute Gasteiger partial charge is 0.494 e. The zero-order valence-electron chi connectivity index (χ0n) is 11.6. The molecular formula is C16H15ClN2O2. The molecule has 2 aromatic heterocycles. The van der Waals surface area contributed by atoms with Crippen LogP contribution in [-0.4, -0.2) is 16.0 Å². The summed E-state index contributed by atoms with van der Waals surface area (Å²) in [4.78, 5) is 4.47. The Hall–Kier alpha value is -2.20. The predicted molar refractivity (Wildman–Crippen MR) is 82.4 cm³/mol. The minimum Gasteiger partial charge on any atom is -0.494 e. The smallest absolute Gasteiger partial charge is 0.242 e. The quantitative estimate of drug-likeness (QED) is 0.661. The van der Waals surface area contributed by atoms with E-state index in [0.717, 1.165) is 17.1 Å². The number of aromatic nitrogens is 2. The molecule has 0 unspecified atom stereocenters. The number of fused-ring (bicyclic) bond motifs is 1. The minimum absolute atomic E-state index is 0.325. The van der Waals surface area contributed by atoms with Crippen LogP contribution in [0.25, 0.3) is 5.65 Å². The van der Waals surface area contributed by atoms with Gasteiger partial charge in [-0.25, -0.2) is 0 Å². The van der Waals surface area contributed by atoms with Gasteiger partial charge in [-0.1, -0.05) is 12.1 Å². The second-order valence-corrected chi connectivity index (χ2v) is 4.70. The predicted octanol–water partition coefficient (Wildman–Crippen LogP) is 4.26. The summed E-state index contributed by atoms with van der Waals surface area (Å²) in [5.74, 6) is 2.29. The van der Waals surface area contributed by atoms with Crippen LogP contribution < -0.4 is 9.47 Å². The molecule has 0 amide bonds. The topological polar surface area (TPSA) is 35.8 Å². The van der Waals surface area contributed by atoms with Crippen molar-refractivity contribution in [2.45, 2.75) is 12.8 Å².